The number of rotatable bonds is 64. The summed E-state index contributed by atoms with van der Waals surface area (Å²) >= 11 is 0. The maximum atomic E-state index is 12.6. The Morgan fingerprint density at radius 2 is 0.521 bits per heavy atom. The van der Waals surface area contributed by atoms with E-state index in [0.717, 1.165) is 32.1 Å². The lowest BCUT2D eigenvalue weighted by molar-refractivity contribution is -0.131. The van der Waals surface area contributed by atoms with Crippen LogP contribution in [-0.4, -0.2) is 46.1 Å². The van der Waals surface area contributed by atoms with E-state index < -0.39 is 24.2 Å². The van der Waals surface area contributed by atoms with Crippen molar-refractivity contribution in [3.05, 3.63) is 12.2 Å². The summed E-state index contributed by atoms with van der Waals surface area (Å²) in [6.45, 7) is 4.29. The van der Waals surface area contributed by atoms with E-state index in [0.29, 0.717) is 12.8 Å². The van der Waals surface area contributed by atoms with Crippen LogP contribution in [-0.2, 0) is 4.79 Å². The first-order valence-electron chi connectivity index (χ1n) is 34.0. The summed E-state index contributed by atoms with van der Waals surface area (Å²) in [5.74, 6) is -0.462. The van der Waals surface area contributed by atoms with E-state index in [4.69, 9.17) is 0 Å². The van der Waals surface area contributed by atoms with Gasteiger partial charge in [0.1, 0.15) is 6.10 Å². The molecule has 0 heterocycles. The second-order valence-corrected chi connectivity index (χ2v) is 23.7. The van der Waals surface area contributed by atoms with E-state index in [-0.39, 0.29) is 6.61 Å². The zero-order valence-electron chi connectivity index (χ0n) is 50.1. The van der Waals surface area contributed by atoms with Gasteiger partial charge in [0.25, 0.3) is 0 Å². The highest BCUT2D eigenvalue weighted by Crippen LogP contribution is 2.19. The maximum Gasteiger partial charge on any atom is 0.249 e. The smallest absolute Gasteiger partial charge is 0.249 e. The Morgan fingerprint density at radius 3 is 0.753 bits per heavy atom. The number of aliphatic hydroxyl groups is 3. The van der Waals surface area contributed by atoms with E-state index in [2.05, 4.69) is 31.3 Å². The second-order valence-electron chi connectivity index (χ2n) is 23.7. The first-order chi connectivity index (χ1) is 36.1. The van der Waals surface area contributed by atoms with Gasteiger partial charge in [0.15, 0.2) is 0 Å². The number of carbonyl (C=O) groups excluding carboxylic acids is 1. The molecule has 1 amide bonds. The van der Waals surface area contributed by atoms with Crippen LogP contribution in [0.4, 0.5) is 0 Å². The molecule has 0 rings (SSSR count). The monoisotopic (exact) mass is 1030 g/mol. The SMILES string of the molecule is CCCCCCCCCCCCCCCCCCCC/C=C\CCCCCCCCCCCCCCCCCCC(O)C(=O)NC(CO)C(O)CCCCCCCCCCCCCCCCCCCCCCC. The van der Waals surface area contributed by atoms with Crippen LogP contribution in [0.5, 0.6) is 0 Å². The minimum atomic E-state index is -1.07. The molecule has 0 bridgehead atoms. The third-order valence-electron chi connectivity index (χ3n) is 16.4. The number of amides is 1. The van der Waals surface area contributed by atoms with Gasteiger partial charge in [-0.2, -0.15) is 0 Å². The summed E-state index contributed by atoms with van der Waals surface area (Å²) in [6, 6.07) is -0.710. The molecule has 436 valence electrons. The highest BCUT2D eigenvalue weighted by atomic mass is 16.3. The van der Waals surface area contributed by atoms with Crippen molar-refractivity contribution < 1.29 is 20.1 Å². The van der Waals surface area contributed by atoms with Gasteiger partial charge in [-0.1, -0.05) is 366 Å². The Labute approximate surface area is 459 Å². The molecule has 73 heavy (non-hydrogen) atoms. The summed E-state index contributed by atoms with van der Waals surface area (Å²) in [7, 11) is 0. The first kappa shape index (κ1) is 72.1. The van der Waals surface area contributed by atoms with Crippen molar-refractivity contribution in [3.63, 3.8) is 0 Å². The Balaban J connectivity index is 3.43. The van der Waals surface area contributed by atoms with Gasteiger partial charge in [-0.15, -0.1) is 0 Å². The highest BCUT2D eigenvalue weighted by Gasteiger charge is 2.23. The number of hydrogen-bond acceptors (Lipinski definition) is 4. The van der Waals surface area contributed by atoms with Gasteiger partial charge >= 0.3 is 0 Å². The van der Waals surface area contributed by atoms with Crippen molar-refractivity contribution in [3.8, 4) is 0 Å². The maximum absolute atomic E-state index is 12.6. The summed E-state index contributed by atoms with van der Waals surface area (Å²) in [4.78, 5) is 12.6. The number of unbranched alkanes of at least 4 members (excludes halogenated alkanes) is 54. The van der Waals surface area contributed by atoms with Crippen molar-refractivity contribution in [2.75, 3.05) is 6.61 Å². The average molecular weight is 1030 g/mol. The molecule has 0 aliphatic rings. The molecule has 4 N–H and O–H groups in total. The van der Waals surface area contributed by atoms with Crippen LogP contribution in [0, 0.1) is 0 Å². The quantitative estimate of drug-likeness (QED) is 0.0361. The number of carbonyl (C=O) groups is 1. The molecule has 5 nitrogen and oxygen atoms in total. The predicted molar refractivity (Wildman–Crippen MR) is 324 cm³/mol. The zero-order chi connectivity index (χ0) is 52.9. The van der Waals surface area contributed by atoms with Gasteiger partial charge in [0, 0.05) is 0 Å². The van der Waals surface area contributed by atoms with Gasteiger partial charge in [0.2, 0.25) is 5.91 Å². The van der Waals surface area contributed by atoms with E-state index in [9.17, 15) is 20.1 Å². The van der Waals surface area contributed by atoms with Crippen molar-refractivity contribution in [1.29, 1.82) is 0 Å². The number of nitrogens with one attached hydrogen (secondary N) is 1. The molecule has 0 aromatic carbocycles. The Hall–Kier alpha value is -0.910. The molecule has 5 heteroatoms. The van der Waals surface area contributed by atoms with Crippen LogP contribution < -0.4 is 5.32 Å². The number of hydrogen-bond donors (Lipinski definition) is 4. The molecule has 3 atom stereocenters. The lowest BCUT2D eigenvalue weighted by Crippen LogP contribution is -2.49. The normalized spacial score (nSPS) is 13.1. The predicted octanol–water partition coefficient (Wildman–Crippen LogP) is 21.8. The summed E-state index contributed by atoms with van der Waals surface area (Å²) in [6.07, 6.45) is 81.8. The van der Waals surface area contributed by atoms with Crippen molar-refractivity contribution in [1.82, 2.24) is 5.32 Å². The lowest BCUT2D eigenvalue weighted by atomic mass is 10.0. The molecule has 0 radical (unpaired) electrons. The number of allylic oxidation sites excluding steroid dienone is 2. The molecule has 0 aromatic heterocycles. The fourth-order valence-corrected chi connectivity index (χ4v) is 11.1. The van der Waals surface area contributed by atoms with Crippen molar-refractivity contribution >= 4 is 5.91 Å². The largest absolute Gasteiger partial charge is 0.394 e. The van der Waals surface area contributed by atoms with Crippen LogP contribution in [0.15, 0.2) is 12.2 Å². The topological polar surface area (TPSA) is 89.8 Å². The standard InChI is InChI=1S/C68H135NO4/c1-3-5-7-9-11-13-15-17-19-21-23-25-26-27-28-29-30-31-32-33-34-35-36-37-38-39-40-41-43-45-47-49-51-53-55-57-59-61-63-67(72)68(73)69-65(64-70)66(71)62-60-58-56-54-52-50-48-46-44-42-24-22-20-18-16-14-12-10-8-6-4-2/h33-34,65-67,70-72H,3-32,35-64H2,1-2H3,(H,69,73)/b34-33-. The Kier molecular flexibility index (Phi) is 62.8. The highest BCUT2D eigenvalue weighted by molar-refractivity contribution is 5.80. The van der Waals surface area contributed by atoms with E-state index in [1.807, 2.05) is 0 Å². The minimum Gasteiger partial charge on any atom is -0.394 e. The van der Waals surface area contributed by atoms with Crippen molar-refractivity contribution in [2.45, 2.75) is 411 Å². The minimum absolute atomic E-state index is 0.309. The van der Waals surface area contributed by atoms with Gasteiger partial charge in [-0.05, 0) is 38.5 Å². The zero-order valence-corrected chi connectivity index (χ0v) is 50.1. The Morgan fingerprint density at radius 1 is 0.315 bits per heavy atom. The molecular weight excluding hydrogens is 895 g/mol. The average Bonchev–Trinajstić information content (AvgIpc) is 3.40. The van der Waals surface area contributed by atoms with Gasteiger partial charge in [-0.25, -0.2) is 0 Å². The number of aliphatic hydroxyl groups excluding tert-OH is 3. The molecule has 0 saturated heterocycles. The lowest BCUT2D eigenvalue weighted by Gasteiger charge is -2.23. The van der Waals surface area contributed by atoms with Crippen LogP contribution in [0.3, 0.4) is 0 Å². The Bertz CT molecular complexity index is 1050. The first-order valence-corrected chi connectivity index (χ1v) is 34.0. The van der Waals surface area contributed by atoms with Gasteiger partial charge < -0.3 is 20.6 Å². The summed E-state index contributed by atoms with van der Waals surface area (Å²) in [5.41, 5.74) is 0. The van der Waals surface area contributed by atoms with Crippen LogP contribution in [0.1, 0.15) is 393 Å². The van der Waals surface area contributed by atoms with Crippen LogP contribution in [0.25, 0.3) is 0 Å². The van der Waals surface area contributed by atoms with Crippen LogP contribution >= 0.6 is 0 Å². The molecule has 0 aliphatic carbocycles. The van der Waals surface area contributed by atoms with Gasteiger partial charge in [0.05, 0.1) is 18.8 Å². The molecule has 0 spiro atoms. The molecule has 0 aliphatic heterocycles. The fraction of sp³-hybridized carbons (Fsp3) is 0.956. The van der Waals surface area contributed by atoms with E-state index in [1.54, 1.807) is 0 Å². The molecule has 0 fully saturated rings. The molecule has 3 unspecified atom stereocenters. The van der Waals surface area contributed by atoms with E-state index >= 15 is 0 Å². The third-order valence-corrected chi connectivity index (χ3v) is 16.4. The van der Waals surface area contributed by atoms with Crippen LogP contribution in [0.2, 0.25) is 0 Å². The van der Waals surface area contributed by atoms with E-state index in [1.165, 1.54) is 334 Å². The second kappa shape index (κ2) is 63.6. The summed E-state index contributed by atoms with van der Waals surface area (Å²) < 4.78 is 0. The third kappa shape index (κ3) is 58.6. The summed E-state index contributed by atoms with van der Waals surface area (Å²) in [5, 5.41) is 33.7. The van der Waals surface area contributed by atoms with Crippen molar-refractivity contribution in [2.24, 2.45) is 0 Å². The fourth-order valence-electron chi connectivity index (χ4n) is 11.1. The van der Waals surface area contributed by atoms with Gasteiger partial charge in [-0.3, -0.25) is 4.79 Å². The molecule has 0 aromatic rings. The molecule has 0 saturated carbocycles. The molecular formula is C68H135NO4.